The zero-order chi connectivity index (χ0) is 21.0. The van der Waals surface area contributed by atoms with Gasteiger partial charge in [0.05, 0.1) is 18.7 Å². The molecular formula is C21H21NO7. The van der Waals surface area contributed by atoms with Crippen molar-refractivity contribution < 1.29 is 28.2 Å². The Labute approximate surface area is 166 Å². The summed E-state index contributed by atoms with van der Waals surface area (Å²) in [5, 5.41) is 0. The number of ether oxygens (including phenoxy) is 3. The summed E-state index contributed by atoms with van der Waals surface area (Å²) < 4.78 is 22.2. The highest BCUT2D eigenvalue weighted by Crippen LogP contribution is 2.29. The first-order valence-corrected chi connectivity index (χ1v) is 9.07. The van der Waals surface area contributed by atoms with E-state index >= 15 is 0 Å². The van der Waals surface area contributed by atoms with Gasteiger partial charge in [-0.25, -0.2) is 9.59 Å². The summed E-state index contributed by atoms with van der Waals surface area (Å²) in [6.07, 6.45) is 0. The molecule has 8 heteroatoms. The number of rotatable bonds is 7. The summed E-state index contributed by atoms with van der Waals surface area (Å²) in [6, 6.07) is 10.4. The van der Waals surface area contributed by atoms with E-state index in [-0.39, 0.29) is 31.3 Å². The molecule has 0 aliphatic carbocycles. The highest BCUT2D eigenvalue weighted by atomic mass is 16.6. The summed E-state index contributed by atoms with van der Waals surface area (Å²) in [4.78, 5) is 35.2. The quantitative estimate of drug-likeness (QED) is 0.445. The minimum absolute atomic E-state index is 0.149. The second kappa shape index (κ2) is 8.64. The van der Waals surface area contributed by atoms with E-state index in [9.17, 15) is 14.4 Å². The normalized spacial score (nSPS) is 10.7. The topological polar surface area (TPSA) is 97.0 Å². The second-order valence-corrected chi connectivity index (χ2v) is 6.39. The van der Waals surface area contributed by atoms with Crippen LogP contribution in [0.15, 0.2) is 45.6 Å². The lowest BCUT2D eigenvalue weighted by Gasteiger charge is -2.12. The third-order valence-corrected chi connectivity index (χ3v) is 4.08. The molecule has 0 fully saturated rings. The summed E-state index contributed by atoms with van der Waals surface area (Å²) in [5.41, 5.74) is 2.85. The number of benzene rings is 2. The summed E-state index contributed by atoms with van der Waals surface area (Å²) in [7, 11) is 0. The third kappa shape index (κ3) is 4.84. The van der Waals surface area contributed by atoms with E-state index in [4.69, 9.17) is 18.6 Å². The first-order chi connectivity index (χ1) is 13.9. The first-order valence-electron chi connectivity index (χ1n) is 9.07. The summed E-state index contributed by atoms with van der Waals surface area (Å²) in [5.74, 6) is -1.18. The number of hydrogen-bond acceptors (Lipinski definition) is 7. The number of carbonyl (C=O) groups is 2. The maximum absolute atomic E-state index is 12.3. The molecule has 0 spiro atoms. The van der Waals surface area contributed by atoms with Crippen molar-refractivity contribution in [3.8, 4) is 11.5 Å². The van der Waals surface area contributed by atoms with E-state index in [1.807, 2.05) is 19.1 Å². The molecule has 1 heterocycles. The van der Waals surface area contributed by atoms with Gasteiger partial charge in [0, 0.05) is 6.92 Å². The van der Waals surface area contributed by atoms with Crippen LogP contribution in [0.1, 0.15) is 25.0 Å². The lowest BCUT2D eigenvalue weighted by molar-refractivity contribution is -0.145. The third-order valence-electron chi connectivity index (χ3n) is 4.08. The van der Waals surface area contributed by atoms with Gasteiger partial charge in [0.15, 0.2) is 23.7 Å². The number of nitrogens with zero attached hydrogens (tertiary/aromatic N) is 1. The maximum Gasteiger partial charge on any atom is 0.420 e. The number of esters is 2. The van der Waals surface area contributed by atoms with Crippen LogP contribution in [0.4, 0.5) is 0 Å². The van der Waals surface area contributed by atoms with Crippen molar-refractivity contribution in [2.45, 2.75) is 27.3 Å². The number of oxazole rings is 1. The molecule has 3 rings (SSSR count). The van der Waals surface area contributed by atoms with Crippen LogP contribution in [-0.4, -0.2) is 29.7 Å². The van der Waals surface area contributed by atoms with E-state index < -0.39 is 17.7 Å². The van der Waals surface area contributed by atoms with Gasteiger partial charge >= 0.3 is 17.7 Å². The van der Waals surface area contributed by atoms with Crippen LogP contribution in [0.3, 0.4) is 0 Å². The zero-order valence-electron chi connectivity index (χ0n) is 16.4. The number of aryl methyl sites for hydroxylation is 1. The number of aromatic nitrogens is 1. The number of hydrogen-bond donors (Lipinski definition) is 0. The Morgan fingerprint density at radius 2 is 1.90 bits per heavy atom. The van der Waals surface area contributed by atoms with Crippen LogP contribution in [0.5, 0.6) is 11.5 Å². The Morgan fingerprint density at radius 3 is 2.62 bits per heavy atom. The Kier molecular flexibility index (Phi) is 6.01. The molecule has 0 aliphatic heterocycles. The Bertz CT molecular complexity index is 1110. The average molecular weight is 399 g/mol. The molecule has 0 unspecified atom stereocenters. The van der Waals surface area contributed by atoms with E-state index in [2.05, 4.69) is 0 Å². The van der Waals surface area contributed by atoms with Crippen molar-refractivity contribution in [1.82, 2.24) is 4.57 Å². The molecule has 152 valence electrons. The molecule has 1 aromatic heterocycles. The summed E-state index contributed by atoms with van der Waals surface area (Å²) in [6.45, 7) is 5.02. The Morgan fingerprint density at radius 1 is 1.10 bits per heavy atom. The van der Waals surface area contributed by atoms with Gasteiger partial charge < -0.3 is 18.6 Å². The Hall–Kier alpha value is -3.55. The van der Waals surface area contributed by atoms with Crippen molar-refractivity contribution in [2.75, 3.05) is 13.2 Å². The van der Waals surface area contributed by atoms with Crippen LogP contribution in [0.25, 0.3) is 11.1 Å². The Balaban J connectivity index is 1.89. The van der Waals surface area contributed by atoms with E-state index in [1.54, 1.807) is 31.2 Å². The van der Waals surface area contributed by atoms with Crippen LogP contribution in [-0.2, 0) is 20.9 Å². The number of fused-ring (bicyclic) bond motifs is 1. The largest absolute Gasteiger partial charge is 0.478 e. The lowest BCUT2D eigenvalue weighted by Crippen LogP contribution is -2.16. The van der Waals surface area contributed by atoms with Crippen LogP contribution in [0, 0.1) is 6.92 Å². The van der Waals surface area contributed by atoms with Crippen LogP contribution >= 0.6 is 0 Å². The molecule has 0 amide bonds. The molecule has 0 bridgehead atoms. The molecule has 3 aromatic rings. The average Bonchev–Trinajstić information content (AvgIpc) is 2.96. The minimum Gasteiger partial charge on any atom is -0.478 e. The number of carbonyl (C=O) groups excluding carboxylic acids is 2. The fourth-order valence-electron chi connectivity index (χ4n) is 2.85. The van der Waals surface area contributed by atoms with Gasteiger partial charge in [-0.15, -0.1) is 0 Å². The molecule has 0 saturated heterocycles. The monoisotopic (exact) mass is 399 g/mol. The lowest BCUT2D eigenvalue weighted by atomic mass is 10.2. The molecule has 29 heavy (non-hydrogen) atoms. The van der Waals surface area contributed by atoms with Crippen molar-refractivity contribution >= 4 is 23.0 Å². The van der Waals surface area contributed by atoms with Gasteiger partial charge in [0.2, 0.25) is 0 Å². The highest BCUT2D eigenvalue weighted by molar-refractivity contribution is 5.74. The molecule has 0 radical (unpaired) electrons. The van der Waals surface area contributed by atoms with Gasteiger partial charge in [-0.2, -0.15) is 0 Å². The van der Waals surface area contributed by atoms with Crippen molar-refractivity contribution in [2.24, 2.45) is 0 Å². The van der Waals surface area contributed by atoms with Crippen LogP contribution in [0.2, 0.25) is 0 Å². The van der Waals surface area contributed by atoms with E-state index in [1.165, 1.54) is 11.5 Å². The second-order valence-electron chi connectivity index (χ2n) is 6.39. The minimum atomic E-state index is -0.537. The van der Waals surface area contributed by atoms with Crippen molar-refractivity contribution in [1.29, 1.82) is 0 Å². The van der Waals surface area contributed by atoms with Crippen molar-refractivity contribution in [3.05, 3.63) is 58.1 Å². The van der Waals surface area contributed by atoms with Gasteiger partial charge in [-0.1, -0.05) is 12.1 Å². The summed E-state index contributed by atoms with van der Waals surface area (Å²) >= 11 is 0. The SMILES string of the molecule is CCOC(=O)COc1ccc(Cn2c(=O)oc3ccc(C)cc32)cc1OC(C)=O. The predicted octanol–water partition coefficient (Wildman–Crippen LogP) is 2.82. The molecule has 0 aliphatic rings. The zero-order valence-corrected chi connectivity index (χ0v) is 16.4. The standard InChI is InChI=1S/C21H21NO7/c1-4-26-20(24)12-27-18-8-6-15(10-19(18)28-14(3)23)11-22-16-9-13(2)5-7-17(16)29-21(22)25/h5-10H,4,11-12H2,1-3H3. The van der Waals surface area contributed by atoms with Gasteiger partial charge in [-0.3, -0.25) is 9.36 Å². The molecule has 2 aromatic carbocycles. The van der Waals surface area contributed by atoms with Gasteiger partial charge in [0.25, 0.3) is 0 Å². The van der Waals surface area contributed by atoms with Crippen molar-refractivity contribution in [3.63, 3.8) is 0 Å². The fraction of sp³-hybridized carbons (Fsp3) is 0.286. The van der Waals surface area contributed by atoms with E-state index in [0.717, 1.165) is 5.56 Å². The maximum atomic E-state index is 12.3. The molecule has 0 atom stereocenters. The smallest absolute Gasteiger partial charge is 0.420 e. The van der Waals surface area contributed by atoms with Gasteiger partial charge in [-0.05, 0) is 49.2 Å². The molecule has 0 N–H and O–H groups in total. The highest BCUT2D eigenvalue weighted by Gasteiger charge is 2.14. The van der Waals surface area contributed by atoms with Crippen LogP contribution < -0.4 is 15.2 Å². The molecule has 0 saturated carbocycles. The fourth-order valence-corrected chi connectivity index (χ4v) is 2.85. The molecular weight excluding hydrogens is 378 g/mol. The predicted molar refractivity (Wildman–Crippen MR) is 104 cm³/mol. The van der Waals surface area contributed by atoms with E-state index in [0.29, 0.717) is 16.7 Å². The molecule has 8 nitrogen and oxygen atoms in total. The van der Waals surface area contributed by atoms with Gasteiger partial charge in [0.1, 0.15) is 0 Å². The first kappa shape index (κ1) is 20.2.